The molecule has 10 heteroatoms. The van der Waals surface area contributed by atoms with Crippen LogP contribution in [0.15, 0.2) is 54.6 Å². The standard InChI is InChI=1S/C26H34N4O4S2/c1-4-19(2)24(30-36(33,34)18-22-8-6-5-7-9-22)26(32)29-23(14-15-35-3)25(31)28-17-21-12-10-20(16-27)11-13-21/h5-13,19,23-24,30H,4,14-15,17-18H2,1-3H3,(H,28,31)(H,29,32)/t19?,23-,24+/m0/s1. The molecule has 2 aromatic carbocycles. The molecule has 0 aromatic heterocycles. The number of carbonyl (C=O) groups excluding carboxylic acids is 2. The Bertz CT molecular complexity index is 1130. The fourth-order valence-corrected chi connectivity index (χ4v) is 5.38. The molecule has 3 atom stereocenters. The van der Waals surface area contributed by atoms with Crippen molar-refractivity contribution in [1.82, 2.24) is 15.4 Å². The molecule has 0 saturated heterocycles. The van der Waals surface area contributed by atoms with Gasteiger partial charge in [-0.25, -0.2) is 13.1 Å². The number of nitriles is 1. The number of thioether (sulfide) groups is 1. The molecule has 36 heavy (non-hydrogen) atoms. The lowest BCUT2D eigenvalue weighted by atomic mass is 9.99. The second kappa shape index (κ2) is 14.6. The highest BCUT2D eigenvalue weighted by Crippen LogP contribution is 2.13. The molecule has 194 valence electrons. The normalized spacial score (nSPS) is 13.7. The van der Waals surface area contributed by atoms with E-state index in [0.29, 0.717) is 29.7 Å². The molecular formula is C26H34N4O4S2. The number of carbonyl (C=O) groups is 2. The van der Waals surface area contributed by atoms with Gasteiger partial charge in [0.2, 0.25) is 21.8 Å². The van der Waals surface area contributed by atoms with Gasteiger partial charge in [-0.05, 0) is 47.6 Å². The number of hydrogen-bond acceptors (Lipinski definition) is 6. The molecule has 8 nitrogen and oxygen atoms in total. The van der Waals surface area contributed by atoms with Crippen LogP contribution < -0.4 is 15.4 Å². The Morgan fingerprint density at radius 3 is 2.28 bits per heavy atom. The number of nitrogens with zero attached hydrogens (tertiary/aromatic N) is 1. The minimum atomic E-state index is -3.80. The van der Waals surface area contributed by atoms with E-state index in [2.05, 4.69) is 21.4 Å². The summed E-state index contributed by atoms with van der Waals surface area (Å²) in [5, 5.41) is 14.5. The summed E-state index contributed by atoms with van der Waals surface area (Å²) in [6.45, 7) is 3.93. The predicted molar refractivity (Wildman–Crippen MR) is 143 cm³/mol. The van der Waals surface area contributed by atoms with Crippen LogP contribution in [0.1, 0.15) is 43.4 Å². The first kappa shape index (κ1) is 29.4. The second-order valence-corrected chi connectivity index (χ2v) is 11.3. The average molecular weight is 531 g/mol. The first-order valence-electron chi connectivity index (χ1n) is 11.8. The van der Waals surface area contributed by atoms with Gasteiger partial charge in [-0.3, -0.25) is 9.59 Å². The Hall–Kier alpha value is -2.87. The van der Waals surface area contributed by atoms with Crippen molar-refractivity contribution < 1.29 is 18.0 Å². The van der Waals surface area contributed by atoms with Gasteiger partial charge < -0.3 is 10.6 Å². The first-order valence-corrected chi connectivity index (χ1v) is 14.8. The third-order valence-corrected chi connectivity index (χ3v) is 7.77. The van der Waals surface area contributed by atoms with Crippen LogP contribution in [-0.4, -0.2) is 44.3 Å². The van der Waals surface area contributed by atoms with Gasteiger partial charge in [0.15, 0.2) is 0 Å². The molecule has 0 aliphatic rings. The molecular weight excluding hydrogens is 496 g/mol. The largest absolute Gasteiger partial charge is 0.350 e. The zero-order chi connectivity index (χ0) is 26.6. The lowest BCUT2D eigenvalue weighted by Gasteiger charge is -2.26. The van der Waals surface area contributed by atoms with Crippen molar-refractivity contribution in [1.29, 1.82) is 5.26 Å². The van der Waals surface area contributed by atoms with Crippen LogP contribution in [-0.2, 0) is 31.9 Å². The Morgan fingerprint density at radius 1 is 1.03 bits per heavy atom. The van der Waals surface area contributed by atoms with Crippen LogP contribution in [0, 0.1) is 17.2 Å². The fraction of sp³-hybridized carbons (Fsp3) is 0.423. The Morgan fingerprint density at radius 2 is 1.69 bits per heavy atom. The van der Waals surface area contributed by atoms with Crippen LogP contribution in [0.5, 0.6) is 0 Å². The molecule has 0 aliphatic heterocycles. The number of hydrogen-bond donors (Lipinski definition) is 3. The summed E-state index contributed by atoms with van der Waals surface area (Å²) in [6, 6.07) is 15.9. The van der Waals surface area contributed by atoms with Gasteiger partial charge in [0, 0.05) is 6.54 Å². The van der Waals surface area contributed by atoms with Crippen molar-refractivity contribution in [2.75, 3.05) is 12.0 Å². The summed E-state index contributed by atoms with van der Waals surface area (Å²) in [4.78, 5) is 26.2. The van der Waals surface area contributed by atoms with Gasteiger partial charge in [0.25, 0.3) is 0 Å². The van der Waals surface area contributed by atoms with Crippen molar-refractivity contribution in [3.05, 3.63) is 71.3 Å². The molecule has 0 fully saturated rings. The predicted octanol–water partition coefficient (Wildman–Crippen LogP) is 2.95. The Kier molecular flexibility index (Phi) is 11.9. The fourth-order valence-electron chi connectivity index (χ4n) is 3.47. The van der Waals surface area contributed by atoms with Gasteiger partial charge in [-0.1, -0.05) is 62.7 Å². The third kappa shape index (κ3) is 9.64. The zero-order valence-corrected chi connectivity index (χ0v) is 22.5. The van der Waals surface area contributed by atoms with Crippen LogP contribution in [0.3, 0.4) is 0 Å². The Labute approximate surface area is 218 Å². The van der Waals surface area contributed by atoms with E-state index < -0.39 is 28.0 Å². The molecule has 2 aromatic rings. The summed E-state index contributed by atoms with van der Waals surface area (Å²) in [7, 11) is -3.80. The molecule has 2 rings (SSSR count). The van der Waals surface area contributed by atoms with E-state index in [0.717, 1.165) is 5.56 Å². The van der Waals surface area contributed by atoms with E-state index >= 15 is 0 Å². The third-order valence-electron chi connectivity index (χ3n) is 5.79. The van der Waals surface area contributed by atoms with Gasteiger partial charge in [0.1, 0.15) is 12.1 Å². The van der Waals surface area contributed by atoms with E-state index in [1.54, 1.807) is 73.3 Å². The molecule has 2 amide bonds. The maximum atomic E-state index is 13.2. The summed E-state index contributed by atoms with van der Waals surface area (Å²) in [5.41, 5.74) is 1.97. The Balaban J connectivity index is 2.10. The minimum absolute atomic E-state index is 0.241. The molecule has 0 radical (unpaired) electrons. The van der Waals surface area contributed by atoms with Crippen LogP contribution >= 0.6 is 11.8 Å². The van der Waals surface area contributed by atoms with E-state index in [4.69, 9.17) is 5.26 Å². The molecule has 0 heterocycles. The van der Waals surface area contributed by atoms with E-state index in [-0.39, 0.29) is 24.1 Å². The van der Waals surface area contributed by atoms with E-state index in [1.807, 2.05) is 13.2 Å². The molecule has 0 bridgehead atoms. The summed E-state index contributed by atoms with van der Waals surface area (Å²) in [5.74, 6) is -0.756. The molecule has 0 saturated carbocycles. The summed E-state index contributed by atoms with van der Waals surface area (Å²) in [6.07, 6.45) is 2.88. The first-order chi connectivity index (χ1) is 17.2. The highest BCUT2D eigenvalue weighted by molar-refractivity contribution is 7.98. The van der Waals surface area contributed by atoms with E-state index in [9.17, 15) is 18.0 Å². The number of nitrogens with one attached hydrogen (secondary N) is 3. The van der Waals surface area contributed by atoms with Gasteiger partial charge in [-0.15, -0.1) is 0 Å². The van der Waals surface area contributed by atoms with Crippen LogP contribution in [0.4, 0.5) is 0 Å². The molecule has 3 N–H and O–H groups in total. The average Bonchev–Trinajstić information content (AvgIpc) is 2.88. The van der Waals surface area contributed by atoms with Crippen molar-refractivity contribution >= 4 is 33.6 Å². The molecule has 0 spiro atoms. The summed E-state index contributed by atoms with van der Waals surface area (Å²) < 4.78 is 28.2. The monoisotopic (exact) mass is 530 g/mol. The minimum Gasteiger partial charge on any atom is -0.350 e. The number of sulfonamides is 1. The highest BCUT2D eigenvalue weighted by atomic mass is 32.2. The lowest BCUT2D eigenvalue weighted by Crippen LogP contribution is -2.55. The van der Waals surface area contributed by atoms with Gasteiger partial charge in [0.05, 0.1) is 17.4 Å². The second-order valence-electron chi connectivity index (χ2n) is 8.59. The summed E-state index contributed by atoms with van der Waals surface area (Å²) >= 11 is 1.55. The molecule has 1 unspecified atom stereocenters. The quantitative estimate of drug-likeness (QED) is 0.345. The maximum Gasteiger partial charge on any atom is 0.242 e. The molecule has 0 aliphatic carbocycles. The zero-order valence-electron chi connectivity index (χ0n) is 20.9. The van der Waals surface area contributed by atoms with Crippen molar-refractivity contribution in [3.8, 4) is 6.07 Å². The van der Waals surface area contributed by atoms with Crippen LogP contribution in [0.25, 0.3) is 0 Å². The number of rotatable bonds is 14. The van der Waals surface area contributed by atoms with Gasteiger partial charge >= 0.3 is 0 Å². The van der Waals surface area contributed by atoms with E-state index in [1.165, 1.54) is 0 Å². The van der Waals surface area contributed by atoms with Crippen molar-refractivity contribution in [2.45, 2.75) is 51.1 Å². The van der Waals surface area contributed by atoms with Crippen molar-refractivity contribution in [3.63, 3.8) is 0 Å². The number of benzene rings is 2. The smallest absolute Gasteiger partial charge is 0.242 e. The lowest BCUT2D eigenvalue weighted by molar-refractivity contribution is -0.130. The number of amides is 2. The van der Waals surface area contributed by atoms with Crippen LogP contribution in [0.2, 0.25) is 0 Å². The van der Waals surface area contributed by atoms with Gasteiger partial charge in [-0.2, -0.15) is 17.0 Å². The topological polar surface area (TPSA) is 128 Å². The SMILES string of the molecule is CCC(C)[C@@H](NS(=O)(=O)Cc1ccccc1)C(=O)N[C@@H](CCSC)C(=O)NCc1ccc(C#N)cc1. The highest BCUT2D eigenvalue weighted by Gasteiger charge is 2.31. The maximum absolute atomic E-state index is 13.2. The van der Waals surface area contributed by atoms with Crippen molar-refractivity contribution in [2.24, 2.45) is 5.92 Å².